The predicted octanol–water partition coefficient (Wildman–Crippen LogP) is 9.39. The summed E-state index contributed by atoms with van der Waals surface area (Å²) in [7, 11) is 0. The molecule has 0 atom stereocenters. The molecule has 8 aromatic rings. The van der Waals surface area contributed by atoms with Crippen LogP contribution in [0.15, 0.2) is 146 Å². The Morgan fingerprint density at radius 1 is 0.333 bits per heavy atom. The molecule has 0 radical (unpaired) electrons. The van der Waals surface area contributed by atoms with Crippen LogP contribution in [0.1, 0.15) is 0 Å². The maximum Gasteiger partial charge on any atom is 0.165 e. The first-order valence-corrected chi connectivity index (χ1v) is 14.0. The number of hydrogen-bond donors (Lipinski definition) is 0. The number of rotatable bonds is 4. The highest BCUT2D eigenvalue weighted by atomic mass is 15.0. The van der Waals surface area contributed by atoms with E-state index < -0.39 is 0 Å². The highest BCUT2D eigenvalue weighted by molar-refractivity contribution is 6.19. The van der Waals surface area contributed by atoms with Crippen LogP contribution < -0.4 is 0 Å². The molecule has 0 amide bonds. The summed E-state index contributed by atoms with van der Waals surface area (Å²) >= 11 is 0. The van der Waals surface area contributed by atoms with Crippen LogP contribution in [0.3, 0.4) is 0 Å². The van der Waals surface area contributed by atoms with Gasteiger partial charge in [0.25, 0.3) is 0 Å². The van der Waals surface area contributed by atoms with Crippen molar-refractivity contribution in [3.63, 3.8) is 0 Å². The summed E-state index contributed by atoms with van der Waals surface area (Å²) in [6.45, 7) is 0. The van der Waals surface area contributed by atoms with E-state index in [0.717, 1.165) is 44.0 Å². The normalized spacial score (nSPS) is 11.3. The summed E-state index contributed by atoms with van der Waals surface area (Å²) < 4.78 is 0. The zero-order chi connectivity index (χ0) is 27.9. The Morgan fingerprint density at radius 3 is 1.81 bits per heavy atom. The van der Waals surface area contributed by atoms with Gasteiger partial charge in [0.15, 0.2) is 17.5 Å². The number of aromatic nitrogens is 4. The third kappa shape index (κ3) is 4.18. The standard InChI is InChI=1S/C38H24N4/c1-2-10-27(11-3-1)36-40-37(30-14-8-13-28(23-30)25-19-21-39-22-20-25)42-38(41-36)35-32-16-7-5-12-29(32)24-34-31-15-6-4-9-26(31)17-18-33(34)35/h1-24H. The topological polar surface area (TPSA) is 51.6 Å². The lowest BCUT2D eigenvalue weighted by atomic mass is 9.93. The summed E-state index contributed by atoms with van der Waals surface area (Å²) in [5.74, 6) is 1.94. The number of fused-ring (bicyclic) bond motifs is 4. The van der Waals surface area contributed by atoms with Gasteiger partial charge in [-0.2, -0.15) is 0 Å². The van der Waals surface area contributed by atoms with Gasteiger partial charge in [0.2, 0.25) is 0 Å². The molecule has 0 fully saturated rings. The van der Waals surface area contributed by atoms with E-state index in [-0.39, 0.29) is 0 Å². The van der Waals surface area contributed by atoms with E-state index in [4.69, 9.17) is 15.0 Å². The average Bonchev–Trinajstić information content (AvgIpc) is 3.08. The highest BCUT2D eigenvalue weighted by Gasteiger charge is 2.18. The second kappa shape index (κ2) is 10.0. The fraction of sp³-hybridized carbons (Fsp3) is 0. The molecule has 0 saturated heterocycles. The first-order chi connectivity index (χ1) is 20.8. The van der Waals surface area contributed by atoms with Crippen LogP contribution in [-0.2, 0) is 0 Å². The van der Waals surface area contributed by atoms with Gasteiger partial charge in [-0.15, -0.1) is 0 Å². The van der Waals surface area contributed by atoms with Gasteiger partial charge in [0, 0.05) is 29.1 Å². The van der Waals surface area contributed by atoms with E-state index >= 15 is 0 Å². The van der Waals surface area contributed by atoms with Gasteiger partial charge in [-0.05, 0) is 67.7 Å². The lowest BCUT2D eigenvalue weighted by molar-refractivity contribution is 1.08. The van der Waals surface area contributed by atoms with Crippen LogP contribution in [0.4, 0.5) is 0 Å². The molecule has 4 nitrogen and oxygen atoms in total. The molecule has 0 aliphatic rings. The molecule has 2 aromatic heterocycles. The fourth-order valence-corrected chi connectivity index (χ4v) is 5.78. The van der Waals surface area contributed by atoms with Crippen LogP contribution in [0, 0.1) is 0 Å². The Hall–Kier alpha value is -5.74. The zero-order valence-corrected chi connectivity index (χ0v) is 22.6. The van der Waals surface area contributed by atoms with Crippen molar-refractivity contribution in [2.24, 2.45) is 0 Å². The zero-order valence-electron chi connectivity index (χ0n) is 22.6. The summed E-state index contributed by atoms with van der Waals surface area (Å²) in [4.78, 5) is 19.5. The third-order valence-corrected chi connectivity index (χ3v) is 7.80. The third-order valence-electron chi connectivity index (χ3n) is 7.80. The molecule has 0 bridgehead atoms. The molecule has 196 valence electrons. The average molecular weight is 537 g/mol. The first-order valence-electron chi connectivity index (χ1n) is 14.0. The first kappa shape index (κ1) is 24.1. The molecule has 0 unspecified atom stereocenters. The molecule has 0 aliphatic carbocycles. The van der Waals surface area contributed by atoms with E-state index in [1.54, 1.807) is 0 Å². The van der Waals surface area contributed by atoms with Gasteiger partial charge in [-0.1, -0.05) is 109 Å². The van der Waals surface area contributed by atoms with E-state index in [0.29, 0.717) is 17.5 Å². The minimum absolute atomic E-state index is 0.636. The van der Waals surface area contributed by atoms with E-state index in [1.165, 1.54) is 16.2 Å². The van der Waals surface area contributed by atoms with Crippen molar-refractivity contribution < 1.29 is 0 Å². The van der Waals surface area contributed by atoms with Gasteiger partial charge in [-0.25, -0.2) is 15.0 Å². The Kier molecular flexibility index (Phi) is 5.75. The summed E-state index contributed by atoms with van der Waals surface area (Å²) in [5.41, 5.74) is 5.07. The van der Waals surface area contributed by atoms with Crippen LogP contribution in [0.5, 0.6) is 0 Å². The summed E-state index contributed by atoms with van der Waals surface area (Å²) in [6.07, 6.45) is 3.62. The van der Waals surface area contributed by atoms with E-state index in [1.807, 2.05) is 54.9 Å². The number of nitrogens with zero attached hydrogens (tertiary/aromatic N) is 4. The van der Waals surface area contributed by atoms with Crippen molar-refractivity contribution in [3.05, 3.63) is 146 Å². The van der Waals surface area contributed by atoms with Gasteiger partial charge in [0.1, 0.15) is 0 Å². The molecule has 4 heteroatoms. The lowest BCUT2D eigenvalue weighted by Crippen LogP contribution is -2.01. The fourth-order valence-electron chi connectivity index (χ4n) is 5.78. The van der Waals surface area contributed by atoms with E-state index in [2.05, 4.69) is 96.0 Å². The molecule has 2 heterocycles. The SMILES string of the molecule is c1ccc(-c2nc(-c3cccc(-c4ccncc4)c3)nc(-c3c4ccccc4cc4c3ccc3ccccc34)n2)cc1. The molecular formula is C38H24N4. The Morgan fingerprint density at radius 2 is 0.976 bits per heavy atom. The van der Waals surface area contributed by atoms with Crippen molar-refractivity contribution in [3.8, 4) is 45.3 Å². The van der Waals surface area contributed by atoms with Crippen LogP contribution in [-0.4, -0.2) is 19.9 Å². The van der Waals surface area contributed by atoms with Crippen molar-refractivity contribution in [2.75, 3.05) is 0 Å². The molecule has 0 aliphatic heterocycles. The molecule has 0 spiro atoms. The predicted molar refractivity (Wildman–Crippen MR) is 172 cm³/mol. The van der Waals surface area contributed by atoms with Gasteiger partial charge < -0.3 is 0 Å². The van der Waals surface area contributed by atoms with Crippen LogP contribution in [0.2, 0.25) is 0 Å². The molecule has 0 saturated carbocycles. The van der Waals surface area contributed by atoms with Crippen molar-refractivity contribution in [2.45, 2.75) is 0 Å². The molecule has 8 rings (SSSR count). The minimum atomic E-state index is 0.636. The smallest absolute Gasteiger partial charge is 0.165 e. The number of hydrogen-bond acceptors (Lipinski definition) is 4. The highest BCUT2D eigenvalue weighted by Crippen LogP contribution is 2.39. The largest absolute Gasteiger partial charge is 0.265 e. The molecule has 0 N–H and O–H groups in total. The maximum atomic E-state index is 5.18. The molecular weight excluding hydrogens is 512 g/mol. The Labute approximate surface area is 243 Å². The van der Waals surface area contributed by atoms with Crippen LogP contribution >= 0.6 is 0 Å². The van der Waals surface area contributed by atoms with Crippen molar-refractivity contribution >= 4 is 32.3 Å². The number of benzene rings is 6. The minimum Gasteiger partial charge on any atom is -0.265 e. The number of pyridine rings is 1. The van der Waals surface area contributed by atoms with E-state index in [9.17, 15) is 0 Å². The second-order valence-corrected chi connectivity index (χ2v) is 10.3. The second-order valence-electron chi connectivity index (χ2n) is 10.3. The monoisotopic (exact) mass is 536 g/mol. The maximum absolute atomic E-state index is 5.18. The summed E-state index contributed by atoms with van der Waals surface area (Å²) in [5, 5.41) is 6.99. The Balaban J connectivity index is 1.43. The lowest BCUT2D eigenvalue weighted by Gasteiger charge is -2.15. The Bertz CT molecular complexity index is 2240. The van der Waals surface area contributed by atoms with Gasteiger partial charge in [0.05, 0.1) is 0 Å². The quantitative estimate of drug-likeness (QED) is 0.166. The van der Waals surface area contributed by atoms with Gasteiger partial charge in [-0.3, -0.25) is 4.98 Å². The van der Waals surface area contributed by atoms with Crippen molar-refractivity contribution in [1.29, 1.82) is 0 Å². The van der Waals surface area contributed by atoms with Crippen molar-refractivity contribution in [1.82, 2.24) is 19.9 Å². The van der Waals surface area contributed by atoms with Crippen LogP contribution in [0.25, 0.3) is 77.6 Å². The summed E-state index contributed by atoms with van der Waals surface area (Å²) in [6, 6.07) is 46.2. The molecule has 6 aromatic carbocycles. The van der Waals surface area contributed by atoms with Gasteiger partial charge >= 0.3 is 0 Å². The molecule has 42 heavy (non-hydrogen) atoms.